The second-order valence-corrected chi connectivity index (χ2v) is 6.40. The number of ether oxygens (including phenoxy) is 1. The van der Waals surface area contributed by atoms with Crippen molar-refractivity contribution in [1.82, 2.24) is 20.2 Å². The Morgan fingerprint density at radius 1 is 1.33 bits per heavy atom. The fourth-order valence-electron chi connectivity index (χ4n) is 3.75. The minimum atomic E-state index is -0.0956. The van der Waals surface area contributed by atoms with Crippen molar-refractivity contribution in [3.8, 4) is 5.88 Å². The van der Waals surface area contributed by atoms with E-state index in [1.165, 1.54) is 0 Å². The van der Waals surface area contributed by atoms with Crippen LogP contribution in [0.5, 0.6) is 5.88 Å². The smallest absolute Gasteiger partial charge is 0.259 e. The second-order valence-electron chi connectivity index (χ2n) is 6.40. The van der Waals surface area contributed by atoms with Gasteiger partial charge in [0.05, 0.1) is 13.2 Å². The Labute approximate surface area is 140 Å². The molecule has 0 N–H and O–H groups in total. The summed E-state index contributed by atoms with van der Waals surface area (Å²) < 4.78 is 10.2. The van der Waals surface area contributed by atoms with Gasteiger partial charge in [-0.05, 0) is 50.7 Å². The second kappa shape index (κ2) is 5.89. The van der Waals surface area contributed by atoms with E-state index in [1.807, 2.05) is 17.9 Å². The van der Waals surface area contributed by atoms with Crippen LogP contribution in [0.1, 0.15) is 58.3 Å². The third-order valence-corrected chi connectivity index (χ3v) is 4.96. The minimum Gasteiger partial charge on any atom is -0.480 e. The Hall–Kier alpha value is -2.44. The van der Waals surface area contributed by atoms with Gasteiger partial charge in [-0.2, -0.15) is 0 Å². The molecule has 126 valence electrons. The quantitative estimate of drug-likeness (QED) is 0.859. The highest BCUT2D eigenvalue weighted by atomic mass is 16.6. The summed E-state index contributed by atoms with van der Waals surface area (Å²) in [4.78, 5) is 19.6. The predicted molar refractivity (Wildman–Crippen MR) is 84.9 cm³/mol. The molecule has 0 unspecified atom stereocenters. The SMILES string of the molecule is COc1nc2c(cc1C(=O)N1CCC[C@H]1c1nonc1C)CCC2. The highest BCUT2D eigenvalue weighted by molar-refractivity contribution is 5.97. The van der Waals surface area contributed by atoms with Crippen molar-refractivity contribution in [3.05, 3.63) is 34.3 Å². The number of aromatic nitrogens is 3. The van der Waals surface area contributed by atoms with Gasteiger partial charge in [-0.15, -0.1) is 0 Å². The number of likely N-dealkylation sites (tertiary alicyclic amines) is 1. The van der Waals surface area contributed by atoms with Crippen LogP contribution in [-0.2, 0) is 12.8 Å². The molecule has 2 aliphatic rings. The lowest BCUT2D eigenvalue weighted by Gasteiger charge is -2.24. The summed E-state index contributed by atoms with van der Waals surface area (Å²) in [5.74, 6) is 0.361. The number of pyridine rings is 1. The van der Waals surface area contributed by atoms with Crippen molar-refractivity contribution in [3.63, 3.8) is 0 Å². The van der Waals surface area contributed by atoms with E-state index >= 15 is 0 Å². The normalized spacial score (nSPS) is 19.6. The molecule has 0 radical (unpaired) electrons. The van der Waals surface area contributed by atoms with Gasteiger partial charge in [0.25, 0.3) is 5.91 Å². The van der Waals surface area contributed by atoms with Gasteiger partial charge in [-0.3, -0.25) is 4.79 Å². The maximum atomic E-state index is 13.2. The van der Waals surface area contributed by atoms with Crippen LogP contribution in [-0.4, -0.2) is 39.8 Å². The van der Waals surface area contributed by atoms with Gasteiger partial charge >= 0.3 is 0 Å². The Bertz CT molecular complexity index is 786. The van der Waals surface area contributed by atoms with Crippen LogP contribution in [0.25, 0.3) is 0 Å². The standard InChI is InChI=1S/C17H20N4O3/c1-10-15(20-24-19-10)14-7-4-8-21(14)17(22)12-9-11-5-3-6-13(11)18-16(12)23-2/h9,14H,3-8H2,1-2H3/t14-/m0/s1. The Kier molecular flexibility index (Phi) is 3.70. The molecule has 1 aliphatic carbocycles. The fraction of sp³-hybridized carbons (Fsp3) is 0.529. The molecule has 7 nitrogen and oxygen atoms in total. The van der Waals surface area contributed by atoms with Crippen molar-refractivity contribution in [1.29, 1.82) is 0 Å². The number of fused-ring (bicyclic) bond motifs is 1. The molecule has 1 saturated heterocycles. The topological polar surface area (TPSA) is 81.4 Å². The summed E-state index contributed by atoms with van der Waals surface area (Å²) in [5, 5.41) is 7.85. The van der Waals surface area contributed by atoms with Gasteiger partial charge in [0.2, 0.25) is 5.88 Å². The van der Waals surface area contributed by atoms with Gasteiger partial charge in [0.1, 0.15) is 17.0 Å². The van der Waals surface area contributed by atoms with Crippen LogP contribution < -0.4 is 4.74 Å². The number of aryl methyl sites for hydroxylation is 3. The van der Waals surface area contributed by atoms with Gasteiger partial charge in [0, 0.05) is 12.2 Å². The lowest BCUT2D eigenvalue weighted by atomic mass is 10.1. The highest BCUT2D eigenvalue weighted by Crippen LogP contribution is 2.35. The van der Waals surface area contributed by atoms with E-state index < -0.39 is 0 Å². The van der Waals surface area contributed by atoms with Crippen molar-refractivity contribution in [2.24, 2.45) is 0 Å². The van der Waals surface area contributed by atoms with E-state index in [4.69, 9.17) is 9.37 Å². The van der Waals surface area contributed by atoms with E-state index in [2.05, 4.69) is 15.3 Å². The molecule has 4 rings (SSSR count). The molecule has 0 bridgehead atoms. The van der Waals surface area contributed by atoms with Gasteiger partial charge < -0.3 is 9.64 Å². The largest absolute Gasteiger partial charge is 0.480 e. The third-order valence-electron chi connectivity index (χ3n) is 4.96. The predicted octanol–water partition coefficient (Wildman–Crippen LogP) is 2.25. The van der Waals surface area contributed by atoms with E-state index in [9.17, 15) is 4.79 Å². The number of nitrogens with zero attached hydrogens (tertiary/aromatic N) is 4. The molecule has 0 aromatic carbocycles. The number of carbonyl (C=O) groups is 1. The van der Waals surface area contributed by atoms with Crippen LogP contribution in [0, 0.1) is 6.92 Å². The van der Waals surface area contributed by atoms with Crippen molar-refractivity contribution >= 4 is 5.91 Å². The average molecular weight is 328 g/mol. The van der Waals surface area contributed by atoms with Crippen molar-refractivity contribution in [2.45, 2.75) is 45.1 Å². The third kappa shape index (κ3) is 2.35. The number of hydrogen-bond donors (Lipinski definition) is 0. The highest BCUT2D eigenvalue weighted by Gasteiger charge is 2.35. The molecule has 2 aromatic heterocycles. The van der Waals surface area contributed by atoms with Crippen LogP contribution in [0.3, 0.4) is 0 Å². The average Bonchev–Trinajstić information content (AvgIpc) is 3.32. The molecule has 1 fully saturated rings. The number of carbonyl (C=O) groups excluding carboxylic acids is 1. The molecule has 0 saturated carbocycles. The zero-order chi connectivity index (χ0) is 16.7. The van der Waals surface area contributed by atoms with E-state index in [-0.39, 0.29) is 11.9 Å². The van der Waals surface area contributed by atoms with Crippen LogP contribution in [0.4, 0.5) is 0 Å². The van der Waals surface area contributed by atoms with Crippen LogP contribution in [0.2, 0.25) is 0 Å². The monoisotopic (exact) mass is 328 g/mol. The summed E-state index contributed by atoms with van der Waals surface area (Å²) in [6.45, 7) is 2.54. The lowest BCUT2D eigenvalue weighted by Crippen LogP contribution is -2.31. The first-order chi connectivity index (χ1) is 11.7. The summed E-state index contributed by atoms with van der Waals surface area (Å²) >= 11 is 0. The molecular weight excluding hydrogens is 308 g/mol. The van der Waals surface area contributed by atoms with Crippen molar-refractivity contribution in [2.75, 3.05) is 13.7 Å². The summed E-state index contributed by atoms with van der Waals surface area (Å²) in [6, 6.07) is 1.86. The molecule has 1 amide bonds. The summed E-state index contributed by atoms with van der Waals surface area (Å²) in [5.41, 5.74) is 4.24. The fourth-order valence-corrected chi connectivity index (χ4v) is 3.75. The van der Waals surface area contributed by atoms with Gasteiger partial charge in [-0.1, -0.05) is 10.3 Å². The van der Waals surface area contributed by atoms with Gasteiger partial charge in [0.15, 0.2) is 0 Å². The molecule has 7 heteroatoms. The zero-order valence-corrected chi connectivity index (χ0v) is 13.9. The number of hydrogen-bond acceptors (Lipinski definition) is 6. The number of methoxy groups -OCH3 is 1. The lowest BCUT2D eigenvalue weighted by molar-refractivity contribution is 0.0726. The first-order valence-corrected chi connectivity index (χ1v) is 8.36. The zero-order valence-electron chi connectivity index (χ0n) is 13.9. The molecule has 1 aliphatic heterocycles. The molecule has 2 aromatic rings. The first kappa shape index (κ1) is 15.1. The summed E-state index contributed by atoms with van der Waals surface area (Å²) in [6.07, 6.45) is 4.81. The molecule has 1 atom stereocenters. The van der Waals surface area contributed by atoms with E-state index in [0.29, 0.717) is 18.0 Å². The maximum absolute atomic E-state index is 13.2. The molecular formula is C17H20N4O3. The van der Waals surface area contributed by atoms with E-state index in [0.717, 1.165) is 54.7 Å². The Balaban J connectivity index is 1.69. The Morgan fingerprint density at radius 3 is 2.96 bits per heavy atom. The Morgan fingerprint density at radius 2 is 2.21 bits per heavy atom. The van der Waals surface area contributed by atoms with E-state index in [1.54, 1.807) is 7.11 Å². The molecule has 0 spiro atoms. The minimum absolute atomic E-state index is 0.0565. The van der Waals surface area contributed by atoms with Crippen molar-refractivity contribution < 1.29 is 14.2 Å². The van der Waals surface area contributed by atoms with Crippen LogP contribution in [0.15, 0.2) is 10.7 Å². The van der Waals surface area contributed by atoms with Crippen LogP contribution >= 0.6 is 0 Å². The number of amides is 1. The molecule has 3 heterocycles. The maximum Gasteiger partial charge on any atom is 0.259 e. The number of rotatable bonds is 3. The molecule has 24 heavy (non-hydrogen) atoms. The first-order valence-electron chi connectivity index (χ1n) is 8.36. The summed E-state index contributed by atoms with van der Waals surface area (Å²) in [7, 11) is 1.56. The van der Waals surface area contributed by atoms with Gasteiger partial charge in [-0.25, -0.2) is 9.61 Å².